The number of nitrogens with one attached hydrogen (secondary N) is 1. The summed E-state index contributed by atoms with van der Waals surface area (Å²) in [4.78, 5) is 33.5. The molecule has 9 heteroatoms. The van der Waals surface area contributed by atoms with Gasteiger partial charge in [0.1, 0.15) is 24.4 Å². The molecule has 0 spiro atoms. The van der Waals surface area contributed by atoms with Gasteiger partial charge in [-0.3, -0.25) is 14.3 Å². The zero-order valence-electron chi connectivity index (χ0n) is 25.4. The maximum absolute atomic E-state index is 14.1. The summed E-state index contributed by atoms with van der Waals surface area (Å²) < 4.78 is 7.29. The summed E-state index contributed by atoms with van der Waals surface area (Å²) in [5.74, 6) is 1.26. The lowest BCUT2D eigenvalue weighted by molar-refractivity contribution is -0.139. The minimum absolute atomic E-state index is 0.00970. The van der Waals surface area contributed by atoms with E-state index in [1.165, 1.54) is 32.1 Å². The van der Waals surface area contributed by atoms with E-state index in [0.717, 1.165) is 41.8 Å². The molecule has 9 nitrogen and oxygen atoms in total. The molecule has 2 amide bonds. The number of methoxy groups -OCH3 is 1. The summed E-state index contributed by atoms with van der Waals surface area (Å²) in [6.45, 7) is 2.65. The summed E-state index contributed by atoms with van der Waals surface area (Å²) in [5.41, 5.74) is 9.10. The van der Waals surface area contributed by atoms with Crippen LogP contribution in [-0.2, 0) is 35.5 Å². The summed E-state index contributed by atoms with van der Waals surface area (Å²) in [6, 6.07) is 15.0. The van der Waals surface area contributed by atoms with Crippen molar-refractivity contribution in [2.45, 2.75) is 83.3 Å². The first kappa shape index (κ1) is 30.7. The fourth-order valence-corrected chi connectivity index (χ4v) is 7.15. The molecule has 0 bridgehead atoms. The number of piperidine rings is 1. The number of nitrogens with two attached hydrogens (primary N) is 1. The maximum atomic E-state index is 14.1. The van der Waals surface area contributed by atoms with Gasteiger partial charge in [0, 0.05) is 39.0 Å². The standard InChI is InChI=1S/C34H46N6O3/c1-43-30-14-11-26(12-15-30)21-31(38-32(41)16-13-27-7-5-6-8-28(27)22-35)33(42)39-19-17-34(18-20-39,23-40-25-36-24-37-40)29-9-3-2-4-10-29/h5-8,11-12,14-15,24-25,29,31H,2-4,9-10,13,16-23,35H2,1H3,(H,38,41). The smallest absolute Gasteiger partial charge is 0.245 e. The third-order valence-electron chi connectivity index (χ3n) is 9.68. The van der Waals surface area contributed by atoms with Gasteiger partial charge in [-0.1, -0.05) is 55.7 Å². The van der Waals surface area contributed by atoms with Gasteiger partial charge >= 0.3 is 0 Å². The summed E-state index contributed by atoms with van der Waals surface area (Å²) >= 11 is 0. The molecule has 43 heavy (non-hydrogen) atoms. The molecule has 3 aromatic rings. The molecule has 1 aliphatic heterocycles. The Kier molecular flexibility index (Phi) is 10.5. The van der Waals surface area contributed by atoms with Gasteiger partial charge in [0.15, 0.2) is 0 Å². The van der Waals surface area contributed by atoms with Crippen molar-refractivity contribution < 1.29 is 14.3 Å². The van der Waals surface area contributed by atoms with Crippen LogP contribution in [0, 0.1) is 11.3 Å². The number of carbonyl (C=O) groups is 2. The van der Waals surface area contributed by atoms with Crippen LogP contribution in [-0.4, -0.2) is 57.7 Å². The van der Waals surface area contributed by atoms with Crippen LogP contribution in [0.4, 0.5) is 0 Å². The SMILES string of the molecule is COc1ccc(CC(NC(=O)CCc2ccccc2CN)C(=O)N2CCC(Cn3cncn3)(C3CCCCC3)CC2)cc1. The first-order valence-corrected chi connectivity index (χ1v) is 15.8. The van der Waals surface area contributed by atoms with Crippen molar-refractivity contribution >= 4 is 11.8 Å². The van der Waals surface area contributed by atoms with Gasteiger partial charge in [-0.05, 0) is 72.3 Å². The van der Waals surface area contributed by atoms with E-state index < -0.39 is 6.04 Å². The van der Waals surface area contributed by atoms with E-state index in [9.17, 15) is 9.59 Å². The molecule has 2 aromatic carbocycles. The molecule has 1 saturated heterocycles. The average molecular weight is 587 g/mol. The predicted molar refractivity (Wildman–Crippen MR) is 166 cm³/mol. The Morgan fingerprint density at radius 1 is 1.05 bits per heavy atom. The van der Waals surface area contributed by atoms with Gasteiger partial charge in [0.25, 0.3) is 0 Å². The molecule has 2 fully saturated rings. The zero-order chi connectivity index (χ0) is 30.1. The number of amides is 2. The monoisotopic (exact) mass is 586 g/mol. The van der Waals surface area contributed by atoms with Gasteiger partial charge in [-0.2, -0.15) is 5.10 Å². The topological polar surface area (TPSA) is 115 Å². The molecule has 230 valence electrons. The third-order valence-corrected chi connectivity index (χ3v) is 9.68. The van der Waals surface area contributed by atoms with E-state index in [1.807, 2.05) is 64.4 Å². The number of aryl methyl sites for hydroxylation is 1. The van der Waals surface area contributed by atoms with Gasteiger partial charge < -0.3 is 20.7 Å². The molecular formula is C34H46N6O3. The molecule has 1 saturated carbocycles. The Bertz CT molecular complexity index is 1310. The van der Waals surface area contributed by atoms with Gasteiger partial charge in [-0.15, -0.1) is 0 Å². The first-order valence-electron chi connectivity index (χ1n) is 15.8. The van der Waals surface area contributed by atoms with Crippen LogP contribution in [0.2, 0.25) is 0 Å². The number of likely N-dealkylation sites (tertiary alicyclic amines) is 1. The second-order valence-electron chi connectivity index (χ2n) is 12.3. The van der Waals surface area contributed by atoms with Gasteiger partial charge in [0.05, 0.1) is 7.11 Å². The maximum Gasteiger partial charge on any atom is 0.245 e. The molecule has 1 atom stereocenters. The molecule has 2 aliphatic rings. The normalized spacial score (nSPS) is 17.8. The minimum Gasteiger partial charge on any atom is -0.497 e. The molecule has 0 radical (unpaired) electrons. The zero-order valence-corrected chi connectivity index (χ0v) is 25.4. The second kappa shape index (κ2) is 14.6. The quantitative estimate of drug-likeness (QED) is 0.327. The molecule has 1 aliphatic carbocycles. The van der Waals surface area contributed by atoms with E-state index in [-0.39, 0.29) is 17.2 Å². The van der Waals surface area contributed by atoms with Crippen LogP contribution in [0.25, 0.3) is 0 Å². The lowest BCUT2D eigenvalue weighted by Gasteiger charge is -2.48. The van der Waals surface area contributed by atoms with Gasteiger partial charge in [0.2, 0.25) is 11.8 Å². The average Bonchev–Trinajstić information content (AvgIpc) is 3.57. The number of hydrogen-bond acceptors (Lipinski definition) is 6. The molecule has 1 aromatic heterocycles. The molecular weight excluding hydrogens is 540 g/mol. The van der Waals surface area contributed by atoms with Crippen molar-refractivity contribution in [2.75, 3.05) is 20.2 Å². The Morgan fingerprint density at radius 2 is 1.77 bits per heavy atom. The van der Waals surface area contributed by atoms with Crippen LogP contribution in [0.5, 0.6) is 5.75 Å². The Balaban J connectivity index is 1.28. The highest BCUT2D eigenvalue weighted by Crippen LogP contribution is 2.47. The van der Waals surface area contributed by atoms with Crippen LogP contribution >= 0.6 is 0 Å². The highest BCUT2D eigenvalue weighted by molar-refractivity contribution is 5.88. The van der Waals surface area contributed by atoms with E-state index in [0.29, 0.717) is 44.8 Å². The molecule has 5 rings (SSSR count). The van der Waals surface area contributed by atoms with Crippen LogP contribution < -0.4 is 15.8 Å². The van der Waals surface area contributed by atoms with Crippen molar-refractivity contribution in [1.82, 2.24) is 25.0 Å². The highest BCUT2D eigenvalue weighted by Gasteiger charge is 2.43. The molecule has 1 unspecified atom stereocenters. The highest BCUT2D eigenvalue weighted by atomic mass is 16.5. The number of aromatic nitrogens is 3. The van der Waals surface area contributed by atoms with Crippen LogP contribution in [0.15, 0.2) is 61.2 Å². The Hall–Kier alpha value is -3.72. The van der Waals surface area contributed by atoms with Crippen molar-refractivity contribution in [1.29, 1.82) is 0 Å². The predicted octanol–water partition coefficient (Wildman–Crippen LogP) is 4.29. The third kappa shape index (κ3) is 7.82. The van der Waals surface area contributed by atoms with E-state index in [4.69, 9.17) is 10.5 Å². The Morgan fingerprint density at radius 3 is 2.42 bits per heavy atom. The minimum atomic E-state index is -0.636. The molecule has 3 N–H and O–H groups in total. The van der Waals surface area contributed by atoms with E-state index >= 15 is 0 Å². The largest absolute Gasteiger partial charge is 0.497 e. The lowest BCUT2D eigenvalue weighted by Crippen LogP contribution is -2.54. The fourth-order valence-electron chi connectivity index (χ4n) is 7.15. The van der Waals surface area contributed by atoms with Crippen molar-refractivity contribution in [3.05, 3.63) is 77.9 Å². The number of nitrogens with zero attached hydrogens (tertiary/aromatic N) is 4. The van der Waals surface area contributed by atoms with Crippen molar-refractivity contribution in [3.63, 3.8) is 0 Å². The first-order chi connectivity index (χ1) is 21.0. The number of hydrogen-bond donors (Lipinski definition) is 2. The van der Waals surface area contributed by atoms with Crippen LogP contribution in [0.3, 0.4) is 0 Å². The van der Waals surface area contributed by atoms with E-state index in [2.05, 4.69) is 15.4 Å². The number of ether oxygens (including phenoxy) is 1. The molecule has 2 heterocycles. The van der Waals surface area contributed by atoms with Crippen molar-refractivity contribution in [3.8, 4) is 5.75 Å². The van der Waals surface area contributed by atoms with E-state index in [1.54, 1.807) is 13.4 Å². The Labute approximate surface area is 255 Å². The van der Waals surface area contributed by atoms with Crippen molar-refractivity contribution in [2.24, 2.45) is 17.1 Å². The number of carbonyl (C=O) groups excluding carboxylic acids is 2. The van der Waals surface area contributed by atoms with Gasteiger partial charge in [-0.25, -0.2) is 4.98 Å². The summed E-state index contributed by atoms with van der Waals surface area (Å²) in [6.07, 6.45) is 12.9. The summed E-state index contributed by atoms with van der Waals surface area (Å²) in [5, 5.41) is 7.54. The number of benzene rings is 2. The van der Waals surface area contributed by atoms with Crippen LogP contribution in [0.1, 0.15) is 68.1 Å². The fraction of sp³-hybridized carbons (Fsp3) is 0.529. The number of rotatable bonds is 12. The summed E-state index contributed by atoms with van der Waals surface area (Å²) in [7, 11) is 1.64. The lowest BCUT2D eigenvalue weighted by atomic mass is 9.63. The second-order valence-corrected chi connectivity index (χ2v) is 12.3.